The molecule has 18 heavy (non-hydrogen) atoms. The van der Waals surface area contributed by atoms with E-state index in [1.54, 1.807) is 12.1 Å². The number of halogens is 3. The maximum absolute atomic E-state index is 12.9. The van der Waals surface area contributed by atoms with Gasteiger partial charge in [-0.2, -0.15) is 0 Å². The predicted octanol–water partition coefficient (Wildman–Crippen LogP) is 4.55. The molecule has 0 aliphatic rings. The van der Waals surface area contributed by atoms with Crippen LogP contribution in [0.2, 0.25) is 5.02 Å². The van der Waals surface area contributed by atoms with Crippen LogP contribution in [0.3, 0.4) is 0 Å². The van der Waals surface area contributed by atoms with Gasteiger partial charge in [0.2, 0.25) is 0 Å². The van der Waals surface area contributed by atoms with Gasteiger partial charge in [-0.3, -0.25) is 0 Å². The van der Waals surface area contributed by atoms with Crippen molar-refractivity contribution in [3.05, 3.63) is 68.9 Å². The summed E-state index contributed by atoms with van der Waals surface area (Å²) in [5, 5.41) is 3.88. The zero-order chi connectivity index (χ0) is 13.1. The Morgan fingerprint density at radius 1 is 1.17 bits per heavy atom. The van der Waals surface area contributed by atoms with Crippen molar-refractivity contribution in [1.82, 2.24) is 5.32 Å². The molecule has 0 aliphatic carbocycles. The highest BCUT2D eigenvalue weighted by molar-refractivity contribution is 9.10. The average Bonchev–Trinajstić information content (AvgIpc) is 2.37. The highest BCUT2D eigenvalue weighted by Gasteiger charge is 2.15. The first kappa shape index (κ1) is 13.5. The van der Waals surface area contributed by atoms with Crippen LogP contribution in [-0.4, -0.2) is 7.05 Å². The predicted molar refractivity (Wildman–Crippen MR) is 76.5 cm³/mol. The molecule has 0 fully saturated rings. The van der Waals surface area contributed by atoms with Crippen LogP contribution in [0, 0.1) is 5.82 Å². The molecule has 0 heterocycles. The molecule has 0 aromatic heterocycles. The summed E-state index contributed by atoms with van der Waals surface area (Å²) in [6.45, 7) is 0. The molecule has 2 rings (SSSR count). The fourth-order valence-electron chi connectivity index (χ4n) is 1.89. The van der Waals surface area contributed by atoms with Crippen LogP contribution in [-0.2, 0) is 0 Å². The molecule has 0 saturated heterocycles. The van der Waals surface area contributed by atoms with Crippen LogP contribution in [0.5, 0.6) is 0 Å². The van der Waals surface area contributed by atoms with E-state index in [4.69, 9.17) is 11.6 Å². The monoisotopic (exact) mass is 327 g/mol. The fraction of sp³-hybridized carbons (Fsp3) is 0.143. The minimum Gasteiger partial charge on any atom is -0.309 e. The summed E-state index contributed by atoms with van der Waals surface area (Å²) in [5.74, 6) is -0.242. The maximum atomic E-state index is 12.9. The molecule has 1 unspecified atom stereocenters. The van der Waals surface area contributed by atoms with Gasteiger partial charge in [0.15, 0.2) is 0 Å². The molecule has 4 heteroatoms. The van der Waals surface area contributed by atoms with Gasteiger partial charge in [-0.25, -0.2) is 4.39 Å². The quantitative estimate of drug-likeness (QED) is 0.871. The number of rotatable bonds is 3. The van der Waals surface area contributed by atoms with Crippen LogP contribution in [0.15, 0.2) is 46.9 Å². The Morgan fingerprint density at radius 3 is 2.44 bits per heavy atom. The molecule has 0 spiro atoms. The lowest BCUT2D eigenvalue weighted by molar-refractivity contribution is 0.623. The lowest BCUT2D eigenvalue weighted by Crippen LogP contribution is -2.18. The van der Waals surface area contributed by atoms with Gasteiger partial charge in [0.25, 0.3) is 0 Å². The van der Waals surface area contributed by atoms with Crippen molar-refractivity contribution < 1.29 is 4.39 Å². The topological polar surface area (TPSA) is 12.0 Å². The standard InChI is InChI=1S/C14H12BrClFN/c1-18-14(9-2-5-11(17)6-3-9)12-8-10(15)4-7-13(12)16/h2-8,14,18H,1H3. The Morgan fingerprint density at radius 2 is 1.83 bits per heavy atom. The first-order chi connectivity index (χ1) is 8.61. The molecule has 94 valence electrons. The number of hydrogen-bond donors (Lipinski definition) is 1. The summed E-state index contributed by atoms with van der Waals surface area (Å²) in [6, 6.07) is 12.1. The third-order valence-corrected chi connectivity index (χ3v) is 3.60. The van der Waals surface area contributed by atoms with Crippen LogP contribution in [0.4, 0.5) is 4.39 Å². The van der Waals surface area contributed by atoms with E-state index in [1.165, 1.54) is 12.1 Å². The molecule has 1 N–H and O–H groups in total. The van der Waals surface area contributed by atoms with Crippen molar-refractivity contribution in [2.45, 2.75) is 6.04 Å². The fourth-order valence-corrected chi connectivity index (χ4v) is 2.50. The van der Waals surface area contributed by atoms with E-state index >= 15 is 0 Å². The van der Waals surface area contributed by atoms with Gasteiger partial charge in [-0.05, 0) is 48.5 Å². The first-order valence-electron chi connectivity index (χ1n) is 5.49. The SMILES string of the molecule is CNC(c1ccc(F)cc1)c1cc(Br)ccc1Cl. The zero-order valence-corrected chi connectivity index (χ0v) is 12.1. The van der Waals surface area contributed by atoms with Crippen molar-refractivity contribution in [2.75, 3.05) is 7.05 Å². The lowest BCUT2D eigenvalue weighted by atomic mass is 9.99. The van der Waals surface area contributed by atoms with Crippen molar-refractivity contribution >= 4 is 27.5 Å². The van der Waals surface area contributed by atoms with E-state index in [0.29, 0.717) is 5.02 Å². The molecule has 0 amide bonds. The number of hydrogen-bond acceptors (Lipinski definition) is 1. The Labute approximate surface area is 119 Å². The summed E-state index contributed by atoms with van der Waals surface area (Å²) >= 11 is 9.65. The molecule has 1 atom stereocenters. The minimum absolute atomic E-state index is 0.0596. The molecular weight excluding hydrogens is 317 g/mol. The Bertz CT molecular complexity index is 542. The molecule has 0 saturated carbocycles. The molecule has 0 bridgehead atoms. The van der Waals surface area contributed by atoms with Gasteiger partial charge < -0.3 is 5.32 Å². The zero-order valence-electron chi connectivity index (χ0n) is 9.75. The lowest BCUT2D eigenvalue weighted by Gasteiger charge is -2.19. The van der Waals surface area contributed by atoms with Crippen molar-refractivity contribution in [3.8, 4) is 0 Å². The normalized spacial score (nSPS) is 12.4. The van der Waals surface area contributed by atoms with Crippen LogP contribution in [0.25, 0.3) is 0 Å². The second-order valence-electron chi connectivity index (χ2n) is 3.94. The van der Waals surface area contributed by atoms with E-state index in [9.17, 15) is 4.39 Å². The Balaban J connectivity index is 2.44. The molecule has 2 aromatic rings. The van der Waals surface area contributed by atoms with Crippen molar-refractivity contribution in [3.63, 3.8) is 0 Å². The van der Waals surface area contributed by atoms with Crippen LogP contribution in [0.1, 0.15) is 17.2 Å². The van der Waals surface area contributed by atoms with Gasteiger partial charge in [0.05, 0.1) is 6.04 Å². The highest BCUT2D eigenvalue weighted by atomic mass is 79.9. The van der Waals surface area contributed by atoms with Crippen molar-refractivity contribution in [1.29, 1.82) is 0 Å². The summed E-state index contributed by atoms with van der Waals surface area (Å²) in [4.78, 5) is 0. The second-order valence-corrected chi connectivity index (χ2v) is 5.26. The third-order valence-electron chi connectivity index (χ3n) is 2.76. The van der Waals surface area contributed by atoms with Gasteiger partial charge in [0.1, 0.15) is 5.82 Å². The summed E-state index contributed by atoms with van der Waals surface area (Å²) in [7, 11) is 1.85. The summed E-state index contributed by atoms with van der Waals surface area (Å²) in [6.07, 6.45) is 0. The van der Waals surface area contributed by atoms with Gasteiger partial charge in [-0.15, -0.1) is 0 Å². The third kappa shape index (κ3) is 2.91. The first-order valence-corrected chi connectivity index (χ1v) is 6.66. The van der Waals surface area contributed by atoms with Gasteiger partial charge in [0, 0.05) is 9.50 Å². The van der Waals surface area contributed by atoms with E-state index < -0.39 is 0 Å². The molecule has 2 aromatic carbocycles. The second kappa shape index (κ2) is 5.83. The van der Waals surface area contributed by atoms with E-state index in [0.717, 1.165) is 15.6 Å². The number of benzene rings is 2. The van der Waals surface area contributed by atoms with E-state index in [-0.39, 0.29) is 11.9 Å². The highest BCUT2D eigenvalue weighted by Crippen LogP contribution is 2.30. The average molecular weight is 329 g/mol. The van der Waals surface area contributed by atoms with Crippen LogP contribution >= 0.6 is 27.5 Å². The maximum Gasteiger partial charge on any atom is 0.123 e. The van der Waals surface area contributed by atoms with Crippen LogP contribution < -0.4 is 5.32 Å². The largest absolute Gasteiger partial charge is 0.309 e. The Hall–Kier alpha value is -0.900. The molecule has 0 aliphatic heterocycles. The number of nitrogens with one attached hydrogen (secondary N) is 1. The summed E-state index contributed by atoms with van der Waals surface area (Å²) < 4.78 is 13.9. The van der Waals surface area contributed by atoms with E-state index in [1.807, 2.05) is 25.2 Å². The molecular formula is C14H12BrClFN. The Kier molecular flexibility index (Phi) is 4.38. The smallest absolute Gasteiger partial charge is 0.123 e. The van der Waals surface area contributed by atoms with Gasteiger partial charge >= 0.3 is 0 Å². The van der Waals surface area contributed by atoms with E-state index in [2.05, 4.69) is 21.2 Å². The molecule has 1 nitrogen and oxygen atoms in total. The van der Waals surface area contributed by atoms with Crippen molar-refractivity contribution in [2.24, 2.45) is 0 Å². The molecule has 0 radical (unpaired) electrons. The van der Waals surface area contributed by atoms with Gasteiger partial charge in [-0.1, -0.05) is 39.7 Å². The minimum atomic E-state index is -0.242. The summed E-state index contributed by atoms with van der Waals surface area (Å²) in [5.41, 5.74) is 1.93.